The minimum atomic E-state index is -3.75. The van der Waals surface area contributed by atoms with Gasteiger partial charge in [-0.25, -0.2) is 8.42 Å². The van der Waals surface area contributed by atoms with Crippen molar-refractivity contribution in [2.75, 3.05) is 17.1 Å². The van der Waals surface area contributed by atoms with Crippen molar-refractivity contribution in [1.82, 2.24) is 10.2 Å². The average Bonchev–Trinajstić information content (AvgIpc) is 2.65. The van der Waals surface area contributed by atoms with Crippen LogP contribution >= 0.6 is 0 Å². The Balaban J connectivity index is 1.72. The van der Waals surface area contributed by atoms with Crippen LogP contribution in [0.2, 0.25) is 0 Å². The van der Waals surface area contributed by atoms with E-state index in [0.717, 1.165) is 11.3 Å². The van der Waals surface area contributed by atoms with E-state index >= 15 is 0 Å². The summed E-state index contributed by atoms with van der Waals surface area (Å²) in [7, 11) is -2.23. The van der Waals surface area contributed by atoms with Crippen LogP contribution < -0.4 is 14.8 Å². The monoisotopic (exact) mass is 384 g/mol. The van der Waals surface area contributed by atoms with Gasteiger partial charge in [0.2, 0.25) is 0 Å². The number of sulfonamides is 1. The van der Waals surface area contributed by atoms with E-state index in [1.165, 1.54) is 24.8 Å². The first-order valence-corrected chi connectivity index (χ1v) is 9.70. The molecule has 0 aliphatic carbocycles. The van der Waals surface area contributed by atoms with Gasteiger partial charge in [-0.2, -0.15) is 0 Å². The second-order valence-corrected chi connectivity index (χ2v) is 7.71. The molecule has 7 nitrogen and oxygen atoms in total. The number of rotatable bonds is 6. The smallest absolute Gasteiger partial charge is 0.263 e. The molecule has 0 saturated carbocycles. The summed E-state index contributed by atoms with van der Waals surface area (Å²) in [4.78, 5) is 0.114. The first-order chi connectivity index (χ1) is 12.9. The topological polar surface area (TPSA) is 93.2 Å². The maximum absolute atomic E-state index is 12.4. The molecule has 0 fully saturated rings. The number of benzene rings is 2. The van der Waals surface area contributed by atoms with Gasteiger partial charge in [-0.1, -0.05) is 17.7 Å². The number of nitrogens with zero attached hydrogens (tertiary/aromatic N) is 2. The molecule has 140 valence electrons. The van der Waals surface area contributed by atoms with Crippen molar-refractivity contribution in [2.24, 2.45) is 0 Å². The Hall–Kier alpha value is -3.13. The lowest BCUT2D eigenvalue weighted by atomic mass is 10.1. The molecule has 2 N–H and O–H groups in total. The van der Waals surface area contributed by atoms with Crippen molar-refractivity contribution < 1.29 is 13.2 Å². The van der Waals surface area contributed by atoms with Crippen LogP contribution in [0.1, 0.15) is 11.1 Å². The first-order valence-electron chi connectivity index (χ1n) is 8.22. The predicted octanol–water partition coefficient (Wildman–Crippen LogP) is 3.65. The number of ether oxygens (including phenoxy) is 1. The Morgan fingerprint density at radius 3 is 2.15 bits per heavy atom. The third-order valence-electron chi connectivity index (χ3n) is 3.92. The van der Waals surface area contributed by atoms with E-state index in [1.54, 1.807) is 24.3 Å². The van der Waals surface area contributed by atoms with Crippen molar-refractivity contribution in [1.29, 1.82) is 0 Å². The first kappa shape index (κ1) is 18.7. The highest BCUT2D eigenvalue weighted by molar-refractivity contribution is 7.92. The zero-order valence-electron chi connectivity index (χ0n) is 15.2. The molecule has 0 saturated heterocycles. The van der Waals surface area contributed by atoms with E-state index in [2.05, 4.69) is 26.3 Å². The van der Waals surface area contributed by atoms with Gasteiger partial charge in [0, 0.05) is 5.69 Å². The molecule has 0 spiro atoms. The summed E-state index contributed by atoms with van der Waals surface area (Å²) in [5.74, 6) is 1.24. The van der Waals surface area contributed by atoms with E-state index in [4.69, 9.17) is 4.74 Å². The highest BCUT2D eigenvalue weighted by Gasteiger charge is 2.15. The molecule has 3 aromatic rings. The molecule has 2 aromatic carbocycles. The molecule has 0 amide bonds. The lowest BCUT2D eigenvalue weighted by Gasteiger charge is -2.10. The summed E-state index contributed by atoms with van der Waals surface area (Å²) in [5, 5.41) is 11.1. The lowest BCUT2D eigenvalue weighted by molar-refractivity contribution is 0.414. The van der Waals surface area contributed by atoms with Crippen LogP contribution in [0.3, 0.4) is 0 Å². The number of anilines is 3. The van der Waals surface area contributed by atoms with E-state index in [1.807, 2.05) is 26.0 Å². The summed E-state index contributed by atoms with van der Waals surface area (Å²) in [6, 6.07) is 15.3. The summed E-state index contributed by atoms with van der Waals surface area (Å²) in [6.45, 7) is 4.03. The van der Waals surface area contributed by atoms with E-state index in [9.17, 15) is 8.42 Å². The van der Waals surface area contributed by atoms with Crippen molar-refractivity contribution in [3.05, 3.63) is 65.7 Å². The van der Waals surface area contributed by atoms with Gasteiger partial charge in [0.15, 0.2) is 11.6 Å². The fourth-order valence-corrected chi connectivity index (χ4v) is 3.49. The number of aromatic nitrogens is 2. The molecule has 3 rings (SSSR count). The number of methoxy groups -OCH3 is 1. The molecule has 0 unspecified atom stereocenters. The largest absolute Gasteiger partial charge is 0.497 e. The van der Waals surface area contributed by atoms with Crippen molar-refractivity contribution >= 4 is 27.3 Å². The zero-order valence-corrected chi connectivity index (χ0v) is 16.0. The minimum absolute atomic E-state index is 0.114. The number of hydrogen-bond acceptors (Lipinski definition) is 6. The van der Waals surface area contributed by atoms with E-state index < -0.39 is 10.0 Å². The van der Waals surface area contributed by atoms with Crippen molar-refractivity contribution in [3.8, 4) is 5.75 Å². The van der Waals surface area contributed by atoms with E-state index in [-0.39, 0.29) is 10.7 Å². The van der Waals surface area contributed by atoms with E-state index in [0.29, 0.717) is 11.6 Å². The van der Waals surface area contributed by atoms with Gasteiger partial charge in [0.25, 0.3) is 10.0 Å². The molecule has 27 heavy (non-hydrogen) atoms. The van der Waals surface area contributed by atoms with Crippen LogP contribution in [0.5, 0.6) is 5.75 Å². The SMILES string of the molecule is COc1ccc(S(=O)(=O)Nc2ccc(Nc3ccc(C)cc3C)nn2)cc1. The molecule has 0 radical (unpaired) electrons. The van der Waals surface area contributed by atoms with Crippen LogP contribution in [-0.4, -0.2) is 25.7 Å². The predicted molar refractivity (Wildman–Crippen MR) is 105 cm³/mol. The second kappa shape index (κ2) is 7.63. The van der Waals surface area contributed by atoms with Crippen LogP contribution in [0.15, 0.2) is 59.5 Å². The van der Waals surface area contributed by atoms with Gasteiger partial charge in [-0.3, -0.25) is 4.72 Å². The fraction of sp³-hybridized carbons (Fsp3) is 0.158. The molecule has 1 heterocycles. The Morgan fingerprint density at radius 1 is 0.889 bits per heavy atom. The Kier molecular flexibility index (Phi) is 5.27. The summed E-state index contributed by atoms with van der Waals surface area (Å²) in [5.41, 5.74) is 3.18. The molecule has 0 aliphatic rings. The van der Waals surface area contributed by atoms with Gasteiger partial charge in [-0.15, -0.1) is 10.2 Å². The Bertz CT molecular complexity index is 1030. The maximum Gasteiger partial charge on any atom is 0.263 e. The maximum atomic E-state index is 12.4. The molecule has 0 aliphatic heterocycles. The average molecular weight is 384 g/mol. The lowest BCUT2D eigenvalue weighted by Crippen LogP contribution is -2.14. The van der Waals surface area contributed by atoms with Gasteiger partial charge in [0.1, 0.15) is 5.75 Å². The molecule has 0 atom stereocenters. The standard InChI is InChI=1S/C19H20N4O3S/c1-13-4-9-17(14(2)12-13)20-18-10-11-19(22-21-18)23-27(24,25)16-7-5-15(26-3)6-8-16/h4-12H,1-3H3,(H,20,21)(H,22,23). The minimum Gasteiger partial charge on any atom is -0.497 e. The highest BCUT2D eigenvalue weighted by atomic mass is 32.2. The molecule has 0 bridgehead atoms. The number of hydrogen-bond donors (Lipinski definition) is 2. The van der Waals surface area contributed by atoms with Gasteiger partial charge >= 0.3 is 0 Å². The Labute approximate surface area is 158 Å². The van der Waals surface area contributed by atoms with Crippen LogP contribution in [-0.2, 0) is 10.0 Å². The molecular weight excluding hydrogens is 364 g/mol. The normalized spacial score (nSPS) is 11.1. The number of aryl methyl sites for hydroxylation is 2. The summed E-state index contributed by atoms with van der Waals surface area (Å²) < 4.78 is 32.3. The molecule has 8 heteroatoms. The molecule has 1 aromatic heterocycles. The highest BCUT2D eigenvalue weighted by Crippen LogP contribution is 2.21. The van der Waals surface area contributed by atoms with Crippen LogP contribution in [0.25, 0.3) is 0 Å². The third-order valence-corrected chi connectivity index (χ3v) is 5.29. The summed E-state index contributed by atoms with van der Waals surface area (Å²) >= 11 is 0. The zero-order chi connectivity index (χ0) is 19.4. The van der Waals surface area contributed by atoms with Gasteiger partial charge < -0.3 is 10.1 Å². The second-order valence-electron chi connectivity index (χ2n) is 6.03. The van der Waals surface area contributed by atoms with Crippen molar-refractivity contribution in [3.63, 3.8) is 0 Å². The number of nitrogens with one attached hydrogen (secondary N) is 2. The summed E-state index contributed by atoms with van der Waals surface area (Å²) in [6.07, 6.45) is 0. The van der Waals surface area contributed by atoms with Crippen molar-refractivity contribution in [2.45, 2.75) is 18.7 Å². The van der Waals surface area contributed by atoms with Crippen LogP contribution in [0.4, 0.5) is 17.3 Å². The third kappa shape index (κ3) is 4.53. The van der Waals surface area contributed by atoms with Gasteiger partial charge in [0.05, 0.1) is 12.0 Å². The molecular formula is C19H20N4O3S. The fourth-order valence-electron chi connectivity index (χ4n) is 2.50. The van der Waals surface area contributed by atoms with Crippen LogP contribution in [0, 0.1) is 13.8 Å². The van der Waals surface area contributed by atoms with Gasteiger partial charge in [-0.05, 0) is 61.9 Å². The Morgan fingerprint density at radius 2 is 1.56 bits per heavy atom. The quantitative estimate of drug-likeness (QED) is 0.674.